The van der Waals surface area contributed by atoms with Crippen molar-refractivity contribution in [3.63, 3.8) is 0 Å². The van der Waals surface area contributed by atoms with E-state index in [1.54, 1.807) is 0 Å². The Balaban J connectivity index is 1.83. The molecule has 1 aliphatic carbocycles. The number of hydrogen-bond donors (Lipinski definition) is 1. The molecule has 1 saturated heterocycles. The summed E-state index contributed by atoms with van der Waals surface area (Å²) in [6.07, 6.45) is 5.59. The van der Waals surface area contributed by atoms with Crippen molar-refractivity contribution in [1.29, 1.82) is 0 Å². The van der Waals surface area contributed by atoms with Gasteiger partial charge in [0.25, 0.3) is 0 Å². The number of amides is 2. The average molecular weight is 358 g/mol. The summed E-state index contributed by atoms with van der Waals surface area (Å²) in [4.78, 5) is 27.3. The Kier molecular flexibility index (Phi) is 6.17. The number of carbonyl (C=O) groups excluding carboxylic acids is 2. The van der Waals surface area contributed by atoms with Crippen LogP contribution in [0.5, 0.6) is 5.75 Å². The second-order valence-corrected chi connectivity index (χ2v) is 7.26. The van der Waals surface area contributed by atoms with Crippen LogP contribution in [0.25, 0.3) is 0 Å². The summed E-state index contributed by atoms with van der Waals surface area (Å²) in [7, 11) is 0. The van der Waals surface area contributed by atoms with Crippen molar-refractivity contribution in [3.05, 3.63) is 29.8 Å². The zero-order valence-corrected chi connectivity index (χ0v) is 15.9. The van der Waals surface area contributed by atoms with E-state index in [2.05, 4.69) is 5.32 Å². The smallest absolute Gasteiger partial charge is 0.225 e. The number of carbonyl (C=O) groups is 2. The highest BCUT2D eigenvalue weighted by Gasteiger charge is 2.40. The fourth-order valence-corrected chi connectivity index (χ4v) is 4.32. The lowest BCUT2D eigenvalue weighted by molar-refractivity contribution is -0.143. The first-order valence-electron chi connectivity index (χ1n) is 9.96. The van der Waals surface area contributed by atoms with E-state index in [-0.39, 0.29) is 23.8 Å². The van der Waals surface area contributed by atoms with E-state index < -0.39 is 0 Å². The minimum absolute atomic E-state index is 0.0988. The van der Waals surface area contributed by atoms with Crippen LogP contribution in [0.2, 0.25) is 0 Å². The van der Waals surface area contributed by atoms with Crippen LogP contribution in [0, 0.1) is 5.92 Å². The zero-order chi connectivity index (χ0) is 18.5. The number of benzene rings is 1. The van der Waals surface area contributed by atoms with Gasteiger partial charge in [0.2, 0.25) is 11.8 Å². The number of nitrogens with one attached hydrogen (secondary N) is 1. The molecule has 5 nitrogen and oxygen atoms in total. The van der Waals surface area contributed by atoms with Crippen LogP contribution in [0.1, 0.15) is 64.0 Å². The van der Waals surface area contributed by atoms with Crippen molar-refractivity contribution >= 4 is 11.8 Å². The first kappa shape index (κ1) is 18.7. The summed E-state index contributed by atoms with van der Waals surface area (Å²) >= 11 is 0. The standard InChI is InChI=1S/C21H30N2O3/c1-3-23-19(24)14-13-18(21(25)22-16-7-5-6-8-16)20(23)15-9-11-17(12-10-15)26-4-2/h9-12,16,18,20H,3-8,13-14H2,1-2H3,(H,22,25)/t18-,20+/m1/s1. The summed E-state index contributed by atoms with van der Waals surface area (Å²) < 4.78 is 5.53. The highest BCUT2D eigenvalue weighted by Crippen LogP contribution is 2.37. The minimum atomic E-state index is -0.196. The van der Waals surface area contributed by atoms with E-state index in [0.29, 0.717) is 32.0 Å². The van der Waals surface area contributed by atoms with Crippen molar-refractivity contribution in [3.8, 4) is 5.75 Å². The fraction of sp³-hybridized carbons (Fsp3) is 0.619. The quantitative estimate of drug-likeness (QED) is 0.847. The van der Waals surface area contributed by atoms with Gasteiger partial charge in [0.05, 0.1) is 18.6 Å². The molecule has 2 amide bonds. The number of likely N-dealkylation sites (tertiary alicyclic amines) is 1. The molecule has 1 heterocycles. The summed E-state index contributed by atoms with van der Waals surface area (Å²) in [5.74, 6) is 0.859. The molecule has 1 aliphatic heterocycles. The molecule has 0 radical (unpaired) electrons. The molecule has 2 fully saturated rings. The molecule has 1 N–H and O–H groups in total. The van der Waals surface area contributed by atoms with Crippen molar-refractivity contribution in [2.75, 3.05) is 13.2 Å². The summed E-state index contributed by atoms with van der Waals surface area (Å²) in [6.45, 7) is 5.17. The highest BCUT2D eigenvalue weighted by atomic mass is 16.5. The molecule has 3 rings (SSSR count). The number of hydrogen-bond acceptors (Lipinski definition) is 3. The molecule has 0 aromatic heterocycles. The zero-order valence-electron chi connectivity index (χ0n) is 15.9. The number of ether oxygens (including phenoxy) is 1. The second-order valence-electron chi connectivity index (χ2n) is 7.26. The van der Waals surface area contributed by atoms with Crippen LogP contribution in [-0.4, -0.2) is 35.9 Å². The van der Waals surface area contributed by atoms with E-state index in [9.17, 15) is 9.59 Å². The third kappa shape index (κ3) is 4.02. The van der Waals surface area contributed by atoms with Gasteiger partial charge < -0.3 is 15.0 Å². The molecular weight excluding hydrogens is 328 g/mol. The van der Waals surface area contributed by atoms with Gasteiger partial charge in [0.1, 0.15) is 5.75 Å². The first-order valence-corrected chi connectivity index (χ1v) is 9.96. The Labute approximate surface area is 156 Å². The van der Waals surface area contributed by atoms with Gasteiger partial charge in [-0.05, 0) is 50.8 Å². The molecule has 26 heavy (non-hydrogen) atoms. The molecule has 2 atom stereocenters. The van der Waals surface area contributed by atoms with Gasteiger partial charge in [-0.2, -0.15) is 0 Å². The maximum Gasteiger partial charge on any atom is 0.225 e. The first-order chi connectivity index (χ1) is 12.6. The van der Waals surface area contributed by atoms with Gasteiger partial charge in [0, 0.05) is 19.0 Å². The summed E-state index contributed by atoms with van der Waals surface area (Å²) in [5, 5.41) is 3.24. The number of piperidine rings is 1. The molecule has 2 aliphatic rings. The van der Waals surface area contributed by atoms with Crippen molar-refractivity contribution in [1.82, 2.24) is 10.2 Å². The lowest BCUT2D eigenvalue weighted by atomic mass is 9.83. The Hall–Kier alpha value is -2.04. The molecular formula is C21H30N2O3. The average Bonchev–Trinajstić information content (AvgIpc) is 3.15. The van der Waals surface area contributed by atoms with Crippen LogP contribution >= 0.6 is 0 Å². The Bertz CT molecular complexity index is 623. The van der Waals surface area contributed by atoms with E-state index >= 15 is 0 Å². The van der Waals surface area contributed by atoms with Crippen LogP contribution in [0.3, 0.4) is 0 Å². The Morgan fingerprint density at radius 3 is 2.46 bits per heavy atom. The molecule has 1 aromatic rings. The molecule has 1 saturated carbocycles. The van der Waals surface area contributed by atoms with E-state index in [0.717, 1.165) is 24.2 Å². The lowest BCUT2D eigenvalue weighted by Crippen LogP contribution is -2.49. The van der Waals surface area contributed by atoms with Crippen LogP contribution in [-0.2, 0) is 9.59 Å². The molecule has 0 bridgehead atoms. The largest absolute Gasteiger partial charge is 0.494 e. The normalized spacial score (nSPS) is 23.9. The van der Waals surface area contributed by atoms with Crippen molar-refractivity contribution in [2.45, 2.75) is 64.5 Å². The van der Waals surface area contributed by atoms with Gasteiger partial charge in [-0.3, -0.25) is 9.59 Å². The van der Waals surface area contributed by atoms with Gasteiger partial charge in [-0.1, -0.05) is 25.0 Å². The minimum Gasteiger partial charge on any atom is -0.494 e. The predicted octanol–water partition coefficient (Wildman–Crippen LogP) is 3.44. The van der Waals surface area contributed by atoms with Gasteiger partial charge in [-0.15, -0.1) is 0 Å². The Morgan fingerprint density at radius 1 is 1.15 bits per heavy atom. The predicted molar refractivity (Wildman–Crippen MR) is 101 cm³/mol. The monoisotopic (exact) mass is 358 g/mol. The van der Waals surface area contributed by atoms with Gasteiger partial charge in [-0.25, -0.2) is 0 Å². The Morgan fingerprint density at radius 2 is 1.85 bits per heavy atom. The van der Waals surface area contributed by atoms with E-state index in [1.165, 1.54) is 12.8 Å². The summed E-state index contributed by atoms with van der Waals surface area (Å²) in [6, 6.07) is 7.95. The molecule has 1 aromatic carbocycles. The summed E-state index contributed by atoms with van der Waals surface area (Å²) in [5.41, 5.74) is 1.01. The molecule has 142 valence electrons. The SMILES string of the molecule is CCOc1ccc([C@H]2[C@H](C(=O)NC3CCCC3)CCC(=O)N2CC)cc1. The number of nitrogens with zero attached hydrogens (tertiary/aromatic N) is 1. The lowest BCUT2D eigenvalue weighted by Gasteiger charge is -2.40. The third-order valence-corrected chi connectivity index (χ3v) is 5.62. The van der Waals surface area contributed by atoms with Crippen LogP contribution in [0.4, 0.5) is 0 Å². The van der Waals surface area contributed by atoms with Gasteiger partial charge in [0.15, 0.2) is 0 Å². The van der Waals surface area contributed by atoms with Crippen LogP contribution in [0.15, 0.2) is 24.3 Å². The van der Waals surface area contributed by atoms with Crippen molar-refractivity contribution < 1.29 is 14.3 Å². The maximum absolute atomic E-state index is 13.0. The topological polar surface area (TPSA) is 58.6 Å². The molecule has 0 spiro atoms. The maximum atomic E-state index is 13.0. The fourth-order valence-electron chi connectivity index (χ4n) is 4.32. The van der Waals surface area contributed by atoms with E-state index in [1.807, 2.05) is 43.0 Å². The highest BCUT2D eigenvalue weighted by molar-refractivity contribution is 5.85. The number of rotatable bonds is 6. The second kappa shape index (κ2) is 8.56. The van der Waals surface area contributed by atoms with Gasteiger partial charge >= 0.3 is 0 Å². The molecule has 0 unspecified atom stereocenters. The van der Waals surface area contributed by atoms with E-state index in [4.69, 9.17) is 4.74 Å². The molecule has 5 heteroatoms. The van der Waals surface area contributed by atoms with Crippen LogP contribution < -0.4 is 10.1 Å². The van der Waals surface area contributed by atoms with Crippen molar-refractivity contribution in [2.24, 2.45) is 5.92 Å². The third-order valence-electron chi connectivity index (χ3n) is 5.62.